The van der Waals surface area contributed by atoms with Crippen LogP contribution in [0.5, 0.6) is 5.75 Å². The van der Waals surface area contributed by atoms with Gasteiger partial charge in [0.2, 0.25) is 0 Å². The van der Waals surface area contributed by atoms with Crippen LogP contribution in [0.15, 0.2) is 54.6 Å². The molecular formula is C31H46O5. The largest absolute Gasteiger partial charge is 0.497 e. The number of ether oxygens (including phenoxy) is 3. The van der Waals surface area contributed by atoms with Crippen LogP contribution in [0.3, 0.4) is 0 Å². The standard InChI is InChI=1S/C31H46O5/c1-3-4-5-6-7-8-9-10-14-17-30(35-24-27-18-20-29(34-2)21-19-27)22-28(32)23-31(33)36-25-26-15-12-11-13-16-26/h11-13,15-16,18-21,28,30,32H,3-10,14,17,22-25H2,1-2H3. The van der Waals surface area contributed by atoms with Gasteiger partial charge in [-0.05, 0) is 29.7 Å². The molecule has 2 unspecified atom stereocenters. The second-order valence-corrected chi connectivity index (χ2v) is 9.64. The van der Waals surface area contributed by atoms with Crippen LogP contribution in [0, 0.1) is 0 Å². The molecule has 0 fully saturated rings. The van der Waals surface area contributed by atoms with Gasteiger partial charge in [-0.1, -0.05) is 107 Å². The van der Waals surface area contributed by atoms with Crippen LogP contribution < -0.4 is 4.74 Å². The van der Waals surface area contributed by atoms with E-state index in [9.17, 15) is 9.90 Å². The molecule has 36 heavy (non-hydrogen) atoms. The lowest BCUT2D eigenvalue weighted by atomic mass is 10.0. The van der Waals surface area contributed by atoms with Crippen LogP contribution >= 0.6 is 0 Å². The van der Waals surface area contributed by atoms with Gasteiger partial charge in [-0.25, -0.2) is 0 Å². The molecule has 0 aliphatic carbocycles. The number of esters is 1. The Hall–Kier alpha value is -2.37. The number of hydrogen-bond acceptors (Lipinski definition) is 5. The number of hydrogen-bond donors (Lipinski definition) is 1. The van der Waals surface area contributed by atoms with Gasteiger partial charge in [0.05, 0.1) is 32.3 Å². The molecule has 2 rings (SSSR count). The minimum atomic E-state index is -0.785. The first-order valence-corrected chi connectivity index (χ1v) is 13.7. The Balaban J connectivity index is 1.75. The Morgan fingerprint density at radius 2 is 1.42 bits per heavy atom. The Morgan fingerprint density at radius 3 is 2.06 bits per heavy atom. The summed E-state index contributed by atoms with van der Waals surface area (Å²) in [5, 5.41) is 10.6. The van der Waals surface area contributed by atoms with Crippen LogP contribution in [0.25, 0.3) is 0 Å². The molecule has 0 aliphatic rings. The fourth-order valence-corrected chi connectivity index (χ4v) is 4.26. The summed E-state index contributed by atoms with van der Waals surface area (Å²) in [6.07, 6.45) is 11.8. The Kier molecular flexibility index (Phi) is 15.6. The van der Waals surface area contributed by atoms with Gasteiger partial charge in [-0.2, -0.15) is 0 Å². The van der Waals surface area contributed by atoms with Crippen molar-refractivity contribution in [1.29, 1.82) is 0 Å². The number of methoxy groups -OCH3 is 1. The molecule has 0 spiro atoms. The maximum absolute atomic E-state index is 12.2. The molecule has 0 aromatic heterocycles. The highest BCUT2D eigenvalue weighted by Gasteiger charge is 2.19. The minimum Gasteiger partial charge on any atom is -0.497 e. The van der Waals surface area contributed by atoms with Gasteiger partial charge in [-0.15, -0.1) is 0 Å². The predicted octanol–water partition coefficient (Wildman–Crippen LogP) is 7.39. The highest BCUT2D eigenvalue weighted by Crippen LogP contribution is 2.19. The van der Waals surface area contributed by atoms with Gasteiger partial charge >= 0.3 is 5.97 Å². The van der Waals surface area contributed by atoms with E-state index in [1.807, 2.05) is 54.6 Å². The molecule has 5 nitrogen and oxygen atoms in total. The molecule has 0 radical (unpaired) electrons. The summed E-state index contributed by atoms with van der Waals surface area (Å²) < 4.78 is 16.8. The zero-order chi connectivity index (χ0) is 25.8. The maximum atomic E-state index is 12.2. The lowest BCUT2D eigenvalue weighted by Crippen LogP contribution is -2.24. The van der Waals surface area contributed by atoms with E-state index in [4.69, 9.17) is 14.2 Å². The first-order chi connectivity index (χ1) is 17.6. The average molecular weight is 499 g/mol. The number of unbranched alkanes of at least 4 members (excludes halogenated alkanes) is 8. The van der Waals surface area contributed by atoms with Crippen molar-refractivity contribution in [1.82, 2.24) is 0 Å². The van der Waals surface area contributed by atoms with Crippen molar-refractivity contribution in [3.63, 3.8) is 0 Å². The molecule has 2 aromatic rings. The monoisotopic (exact) mass is 498 g/mol. The Labute approximate surface area is 218 Å². The normalized spacial score (nSPS) is 12.8. The van der Waals surface area contributed by atoms with Crippen LogP contribution in [-0.2, 0) is 27.5 Å². The first-order valence-electron chi connectivity index (χ1n) is 13.7. The smallest absolute Gasteiger partial charge is 0.308 e. The summed E-state index contributed by atoms with van der Waals surface area (Å²) in [5.41, 5.74) is 2.00. The van der Waals surface area contributed by atoms with Gasteiger partial charge in [-0.3, -0.25) is 4.79 Å². The molecular weight excluding hydrogens is 452 g/mol. The number of carbonyl (C=O) groups is 1. The molecule has 0 amide bonds. The van der Waals surface area contributed by atoms with E-state index in [1.165, 1.54) is 51.4 Å². The van der Waals surface area contributed by atoms with Crippen LogP contribution in [-0.4, -0.2) is 30.4 Å². The van der Waals surface area contributed by atoms with Crippen molar-refractivity contribution in [3.05, 3.63) is 65.7 Å². The van der Waals surface area contributed by atoms with E-state index < -0.39 is 6.10 Å². The maximum Gasteiger partial charge on any atom is 0.308 e. The number of aliphatic hydroxyl groups excluding tert-OH is 1. The Bertz CT molecular complexity index is 805. The van der Waals surface area contributed by atoms with Crippen molar-refractivity contribution in [2.45, 2.75) is 109 Å². The molecule has 5 heteroatoms. The zero-order valence-corrected chi connectivity index (χ0v) is 22.3. The van der Waals surface area contributed by atoms with Crippen molar-refractivity contribution in [2.24, 2.45) is 0 Å². The van der Waals surface area contributed by atoms with E-state index in [0.717, 1.165) is 29.7 Å². The third kappa shape index (κ3) is 13.6. The third-order valence-corrected chi connectivity index (χ3v) is 6.45. The van der Waals surface area contributed by atoms with Crippen molar-refractivity contribution in [2.75, 3.05) is 7.11 Å². The van der Waals surface area contributed by atoms with Crippen molar-refractivity contribution < 1.29 is 24.1 Å². The van der Waals surface area contributed by atoms with Gasteiger partial charge in [0.25, 0.3) is 0 Å². The third-order valence-electron chi connectivity index (χ3n) is 6.45. The van der Waals surface area contributed by atoms with E-state index in [2.05, 4.69) is 6.92 Å². The molecule has 0 bridgehead atoms. The molecule has 0 aliphatic heterocycles. The van der Waals surface area contributed by atoms with Gasteiger partial charge in [0, 0.05) is 6.42 Å². The molecule has 1 N–H and O–H groups in total. The predicted molar refractivity (Wildman–Crippen MR) is 145 cm³/mol. The zero-order valence-electron chi connectivity index (χ0n) is 22.3. The van der Waals surface area contributed by atoms with Crippen molar-refractivity contribution >= 4 is 5.97 Å². The number of benzene rings is 2. The molecule has 0 heterocycles. The van der Waals surface area contributed by atoms with Crippen molar-refractivity contribution in [3.8, 4) is 5.75 Å². The summed E-state index contributed by atoms with van der Waals surface area (Å²) in [5.74, 6) is 0.428. The summed E-state index contributed by atoms with van der Waals surface area (Å²) in [4.78, 5) is 12.2. The summed E-state index contributed by atoms with van der Waals surface area (Å²) in [6, 6.07) is 17.4. The Morgan fingerprint density at radius 1 is 0.806 bits per heavy atom. The van der Waals surface area contributed by atoms with E-state index in [1.54, 1.807) is 7.11 Å². The molecule has 200 valence electrons. The molecule has 0 saturated heterocycles. The highest BCUT2D eigenvalue weighted by molar-refractivity contribution is 5.69. The lowest BCUT2D eigenvalue weighted by molar-refractivity contribution is -0.147. The SMILES string of the molecule is CCCCCCCCCCCC(CC(O)CC(=O)OCc1ccccc1)OCc1ccc(OC)cc1. The minimum absolute atomic E-state index is 0.0208. The van der Waals surface area contributed by atoms with Crippen LogP contribution in [0.4, 0.5) is 0 Å². The molecule has 0 saturated carbocycles. The molecule has 2 atom stereocenters. The quantitative estimate of drug-likeness (QED) is 0.152. The number of aliphatic hydroxyl groups is 1. The molecule has 2 aromatic carbocycles. The number of carbonyl (C=O) groups excluding carboxylic acids is 1. The van der Waals surface area contributed by atoms with Crippen LogP contribution in [0.1, 0.15) is 95.1 Å². The van der Waals surface area contributed by atoms with Gasteiger partial charge in [0.1, 0.15) is 12.4 Å². The summed E-state index contributed by atoms with van der Waals surface area (Å²) in [6.45, 7) is 2.94. The fraction of sp³-hybridized carbons (Fsp3) is 0.581. The summed E-state index contributed by atoms with van der Waals surface area (Å²) in [7, 11) is 1.65. The van der Waals surface area contributed by atoms with Gasteiger partial charge < -0.3 is 19.3 Å². The first kappa shape index (κ1) is 29.9. The second-order valence-electron chi connectivity index (χ2n) is 9.64. The average Bonchev–Trinajstić information content (AvgIpc) is 2.90. The fourth-order valence-electron chi connectivity index (χ4n) is 4.26. The van der Waals surface area contributed by atoms with Crippen LogP contribution in [0.2, 0.25) is 0 Å². The summed E-state index contributed by atoms with van der Waals surface area (Å²) >= 11 is 0. The van der Waals surface area contributed by atoms with E-state index in [0.29, 0.717) is 13.0 Å². The van der Waals surface area contributed by atoms with E-state index >= 15 is 0 Å². The van der Waals surface area contributed by atoms with E-state index in [-0.39, 0.29) is 25.1 Å². The van der Waals surface area contributed by atoms with Gasteiger partial charge in [0.15, 0.2) is 0 Å². The topological polar surface area (TPSA) is 65.0 Å². The number of rotatable bonds is 20. The highest BCUT2D eigenvalue weighted by atomic mass is 16.5. The lowest BCUT2D eigenvalue weighted by Gasteiger charge is -2.21. The second kappa shape index (κ2) is 18.8.